The van der Waals surface area contributed by atoms with Gasteiger partial charge in [0.1, 0.15) is 5.82 Å². The maximum Gasteiger partial charge on any atom is 0.231 e. The summed E-state index contributed by atoms with van der Waals surface area (Å²) in [4.78, 5) is 12.9. The normalized spacial score (nSPS) is 12.2. The van der Waals surface area contributed by atoms with Crippen molar-refractivity contribution in [3.63, 3.8) is 0 Å². The number of rotatable bonds is 11. The number of nitrogens with zero attached hydrogens (tertiary/aromatic N) is 4. The van der Waals surface area contributed by atoms with Gasteiger partial charge in [-0.1, -0.05) is 56.2 Å². The second-order valence-electron chi connectivity index (χ2n) is 8.16. The van der Waals surface area contributed by atoms with Crippen LogP contribution in [-0.4, -0.2) is 31.1 Å². The van der Waals surface area contributed by atoms with Crippen molar-refractivity contribution in [2.75, 3.05) is 5.32 Å². The lowest BCUT2D eigenvalue weighted by molar-refractivity contribution is -0.117. The van der Waals surface area contributed by atoms with E-state index in [4.69, 9.17) is 0 Å². The fraction of sp³-hybridized carbons (Fsp3) is 0.360. The first kappa shape index (κ1) is 21.7. The van der Waals surface area contributed by atoms with Gasteiger partial charge in [0, 0.05) is 24.8 Å². The first-order chi connectivity index (χ1) is 15.7. The number of tetrazole rings is 1. The summed E-state index contributed by atoms with van der Waals surface area (Å²) in [5.41, 5.74) is 3.05. The van der Waals surface area contributed by atoms with E-state index in [1.54, 1.807) is 0 Å². The maximum absolute atomic E-state index is 12.9. The quantitative estimate of drug-likeness (QED) is 0.324. The summed E-state index contributed by atoms with van der Waals surface area (Å²) in [5, 5.41) is 18.2. The molecule has 0 saturated heterocycles. The molecule has 2 N–H and O–H groups in total. The van der Waals surface area contributed by atoms with E-state index in [1.165, 1.54) is 5.39 Å². The third-order valence-electron chi connectivity index (χ3n) is 5.92. The Morgan fingerprint density at radius 1 is 1.06 bits per heavy atom. The number of hydrogen-bond donors (Lipinski definition) is 2. The lowest BCUT2D eigenvalue weighted by Crippen LogP contribution is -2.20. The Labute approximate surface area is 188 Å². The molecule has 2 aromatic carbocycles. The van der Waals surface area contributed by atoms with Crippen LogP contribution < -0.4 is 5.32 Å². The summed E-state index contributed by atoms with van der Waals surface area (Å²) in [6, 6.07) is 18.3. The monoisotopic (exact) mass is 430 g/mol. The highest BCUT2D eigenvalue weighted by Gasteiger charge is 2.18. The molecule has 0 spiro atoms. The van der Waals surface area contributed by atoms with Gasteiger partial charge in [0.2, 0.25) is 5.91 Å². The molecule has 2 aromatic heterocycles. The Morgan fingerprint density at radius 2 is 1.91 bits per heavy atom. The predicted molar refractivity (Wildman–Crippen MR) is 126 cm³/mol. The number of nitrogens with one attached hydrogen (secondary N) is 2. The standard InChI is InChI=1S/C25H30N6O/c1-2-22(19-10-6-5-7-11-19)25(32)26-21-14-13-20-15-17-31(23(20)18-21)16-9-4-3-8-12-24-27-29-30-28-24/h5-7,10-11,13-15,17-18,22H,2-4,8-9,12,16H2,1H3,(H,26,32)(H,27,28,29,30). The van der Waals surface area contributed by atoms with Crippen LogP contribution in [0.5, 0.6) is 0 Å². The van der Waals surface area contributed by atoms with Crippen molar-refractivity contribution in [2.24, 2.45) is 0 Å². The number of unbranched alkanes of at least 4 members (excludes halogenated alkanes) is 3. The Hall–Kier alpha value is -3.48. The summed E-state index contributed by atoms with van der Waals surface area (Å²) in [7, 11) is 0. The molecule has 1 unspecified atom stereocenters. The summed E-state index contributed by atoms with van der Waals surface area (Å²) >= 11 is 0. The van der Waals surface area contributed by atoms with Gasteiger partial charge in [-0.2, -0.15) is 0 Å². The van der Waals surface area contributed by atoms with Gasteiger partial charge in [-0.3, -0.25) is 4.79 Å². The molecule has 0 radical (unpaired) electrons. The Morgan fingerprint density at radius 3 is 2.69 bits per heavy atom. The fourth-order valence-corrected chi connectivity index (χ4v) is 4.16. The second kappa shape index (κ2) is 10.7. The zero-order valence-electron chi connectivity index (χ0n) is 18.5. The van der Waals surface area contributed by atoms with E-state index in [1.807, 2.05) is 43.3 Å². The van der Waals surface area contributed by atoms with Crippen LogP contribution in [0, 0.1) is 0 Å². The van der Waals surface area contributed by atoms with E-state index in [9.17, 15) is 4.79 Å². The number of aromatic amines is 1. The molecule has 166 valence electrons. The number of fused-ring (bicyclic) bond motifs is 1. The highest BCUT2D eigenvalue weighted by Crippen LogP contribution is 2.25. The molecule has 4 aromatic rings. The van der Waals surface area contributed by atoms with Crippen LogP contribution in [0.3, 0.4) is 0 Å². The van der Waals surface area contributed by atoms with Crippen molar-refractivity contribution in [2.45, 2.75) is 57.9 Å². The molecular weight excluding hydrogens is 400 g/mol. The third kappa shape index (κ3) is 5.41. The molecule has 32 heavy (non-hydrogen) atoms. The lowest BCUT2D eigenvalue weighted by atomic mass is 9.95. The average Bonchev–Trinajstić information content (AvgIpc) is 3.47. The topological polar surface area (TPSA) is 88.5 Å². The minimum absolute atomic E-state index is 0.0399. The minimum Gasteiger partial charge on any atom is -0.347 e. The molecule has 1 atom stereocenters. The summed E-state index contributed by atoms with van der Waals surface area (Å²) in [6.07, 6.45) is 8.30. The minimum atomic E-state index is -0.147. The molecule has 0 bridgehead atoms. The second-order valence-corrected chi connectivity index (χ2v) is 8.16. The van der Waals surface area contributed by atoms with Crippen molar-refractivity contribution >= 4 is 22.5 Å². The maximum atomic E-state index is 12.9. The summed E-state index contributed by atoms with van der Waals surface area (Å²) in [5.74, 6) is 0.748. The van der Waals surface area contributed by atoms with Gasteiger partial charge < -0.3 is 9.88 Å². The molecule has 7 heteroatoms. The van der Waals surface area contributed by atoms with Crippen molar-refractivity contribution < 1.29 is 4.79 Å². The first-order valence-electron chi connectivity index (χ1n) is 11.4. The van der Waals surface area contributed by atoms with Gasteiger partial charge in [0.05, 0.1) is 11.4 Å². The van der Waals surface area contributed by atoms with E-state index >= 15 is 0 Å². The molecular formula is C25H30N6O. The number of anilines is 1. The van der Waals surface area contributed by atoms with Gasteiger partial charge >= 0.3 is 0 Å². The molecule has 7 nitrogen and oxygen atoms in total. The summed E-state index contributed by atoms with van der Waals surface area (Å²) < 4.78 is 2.28. The predicted octanol–water partition coefficient (Wildman–Crippen LogP) is 5.09. The number of carbonyl (C=O) groups is 1. The van der Waals surface area contributed by atoms with Crippen LogP contribution in [0.25, 0.3) is 10.9 Å². The van der Waals surface area contributed by atoms with Crippen molar-refractivity contribution in [1.29, 1.82) is 0 Å². The zero-order valence-corrected chi connectivity index (χ0v) is 18.5. The highest BCUT2D eigenvalue weighted by atomic mass is 16.1. The fourth-order valence-electron chi connectivity index (χ4n) is 4.16. The zero-order chi connectivity index (χ0) is 22.2. The van der Waals surface area contributed by atoms with E-state index in [0.717, 1.165) is 67.7 Å². The Balaban J connectivity index is 1.33. The van der Waals surface area contributed by atoms with Crippen LogP contribution in [-0.2, 0) is 17.8 Å². The van der Waals surface area contributed by atoms with E-state index < -0.39 is 0 Å². The lowest BCUT2D eigenvalue weighted by Gasteiger charge is -2.16. The number of hydrogen-bond acceptors (Lipinski definition) is 4. The molecule has 0 aliphatic rings. The number of H-pyrrole nitrogens is 1. The Kier molecular flexibility index (Phi) is 7.27. The van der Waals surface area contributed by atoms with E-state index in [0.29, 0.717) is 0 Å². The van der Waals surface area contributed by atoms with Crippen LogP contribution in [0.1, 0.15) is 56.3 Å². The van der Waals surface area contributed by atoms with E-state index in [-0.39, 0.29) is 11.8 Å². The molecule has 0 fully saturated rings. The molecule has 1 amide bonds. The average molecular weight is 431 g/mol. The van der Waals surface area contributed by atoms with Gasteiger partial charge in [0.15, 0.2) is 0 Å². The Bertz CT molecular complexity index is 1120. The van der Waals surface area contributed by atoms with Crippen LogP contribution >= 0.6 is 0 Å². The van der Waals surface area contributed by atoms with Crippen LogP contribution in [0.15, 0.2) is 60.8 Å². The van der Waals surface area contributed by atoms with Crippen molar-refractivity contribution in [3.05, 3.63) is 72.2 Å². The van der Waals surface area contributed by atoms with Gasteiger partial charge in [-0.05, 0) is 58.8 Å². The SMILES string of the molecule is CCC(C(=O)Nc1ccc2ccn(CCCCCCc3nnn[nH]3)c2c1)c1ccccc1. The number of aromatic nitrogens is 5. The molecule has 0 saturated carbocycles. The highest BCUT2D eigenvalue weighted by molar-refractivity contribution is 5.97. The van der Waals surface area contributed by atoms with Crippen molar-refractivity contribution in [1.82, 2.24) is 25.2 Å². The molecule has 0 aliphatic heterocycles. The first-order valence-corrected chi connectivity index (χ1v) is 11.4. The number of amides is 1. The number of aryl methyl sites for hydroxylation is 2. The molecule has 0 aliphatic carbocycles. The summed E-state index contributed by atoms with van der Waals surface area (Å²) in [6.45, 7) is 3.01. The third-order valence-corrected chi connectivity index (χ3v) is 5.92. The van der Waals surface area contributed by atoms with E-state index in [2.05, 4.69) is 54.9 Å². The number of carbonyl (C=O) groups excluding carboxylic acids is 1. The number of benzene rings is 2. The van der Waals surface area contributed by atoms with Crippen LogP contribution in [0.2, 0.25) is 0 Å². The molecule has 4 rings (SSSR count). The van der Waals surface area contributed by atoms with Crippen molar-refractivity contribution in [3.8, 4) is 0 Å². The van der Waals surface area contributed by atoms with Gasteiger partial charge in [-0.15, -0.1) is 5.10 Å². The van der Waals surface area contributed by atoms with Crippen LogP contribution in [0.4, 0.5) is 5.69 Å². The largest absolute Gasteiger partial charge is 0.347 e. The van der Waals surface area contributed by atoms with Gasteiger partial charge in [-0.25, -0.2) is 5.10 Å². The smallest absolute Gasteiger partial charge is 0.231 e. The van der Waals surface area contributed by atoms with Gasteiger partial charge in [0.25, 0.3) is 0 Å². The molecule has 2 heterocycles.